The van der Waals surface area contributed by atoms with Crippen LogP contribution in [-0.2, 0) is 6.61 Å². The van der Waals surface area contributed by atoms with Crippen LogP contribution >= 0.6 is 11.6 Å². The van der Waals surface area contributed by atoms with Crippen LogP contribution in [0.15, 0.2) is 40.9 Å². The summed E-state index contributed by atoms with van der Waals surface area (Å²) in [6.07, 6.45) is 0. The van der Waals surface area contributed by atoms with E-state index in [1.54, 1.807) is 31.2 Å². The number of aromatic nitrogens is 3. The summed E-state index contributed by atoms with van der Waals surface area (Å²) in [5, 5.41) is 11.8. The first-order valence-corrected chi connectivity index (χ1v) is 6.84. The highest BCUT2D eigenvalue weighted by molar-refractivity contribution is 6.29. The zero-order valence-corrected chi connectivity index (χ0v) is 12.3. The number of hydrogen-bond donors (Lipinski definition) is 0. The maximum atomic E-state index is 13.0. The Morgan fingerprint density at radius 3 is 2.59 bits per heavy atom. The third kappa shape index (κ3) is 3.07. The third-order valence-corrected chi connectivity index (χ3v) is 3.28. The molecule has 0 radical (unpaired) electrons. The molecular formula is C15H11ClFN3O2. The maximum Gasteiger partial charge on any atom is 0.233 e. The standard InChI is InChI=1S/C15H11ClFN3O2/c1-9-12(8-21-14-7-6-13(16)18-19-14)15(20-22-9)10-2-4-11(17)5-3-10/h2-7H,8H2,1H3. The van der Waals surface area contributed by atoms with Gasteiger partial charge < -0.3 is 9.26 Å². The Hall–Kier alpha value is -2.47. The molecule has 7 heteroatoms. The van der Waals surface area contributed by atoms with Crippen LogP contribution in [0.2, 0.25) is 5.15 Å². The van der Waals surface area contributed by atoms with Crippen molar-refractivity contribution in [2.75, 3.05) is 0 Å². The Bertz CT molecular complexity index is 772. The van der Waals surface area contributed by atoms with Gasteiger partial charge in [0.1, 0.15) is 23.9 Å². The molecule has 0 atom stereocenters. The van der Waals surface area contributed by atoms with Crippen molar-refractivity contribution < 1.29 is 13.7 Å². The van der Waals surface area contributed by atoms with Crippen molar-refractivity contribution >= 4 is 11.6 Å². The minimum Gasteiger partial charge on any atom is -0.472 e. The number of benzene rings is 1. The summed E-state index contributed by atoms with van der Waals surface area (Å²) in [5.74, 6) is 0.662. The minimum atomic E-state index is -0.307. The monoisotopic (exact) mass is 319 g/mol. The number of halogens is 2. The van der Waals surface area contributed by atoms with Crippen LogP contribution in [0.4, 0.5) is 4.39 Å². The van der Waals surface area contributed by atoms with Crippen molar-refractivity contribution in [2.24, 2.45) is 0 Å². The van der Waals surface area contributed by atoms with Gasteiger partial charge in [0.05, 0.1) is 5.56 Å². The molecule has 22 heavy (non-hydrogen) atoms. The molecule has 3 rings (SSSR count). The molecule has 112 valence electrons. The molecule has 2 heterocycles. The molecule has 0 unspecified atom stereocenters. The van der Waals surface area contributed by atoms with E-state index in [-0.39, 0.29) is 12.4 Å². The molecule has 0 spiro atoms. The highest BCUT2D eigenvalue weighted by Gasteiger charge is 2.15. The average molecular weight is 320 g/mol. The summed E-state index contributed by atoms with van der Waals surface area (Å²) in [6.45, 7) is 1.99. The second kappa shape index (κ2) is 6.11. The lowest BCUT2D eigenvalue weighted by Crippen LogP contribution is -2.00. The Labute approximate surface area is 130 Å². The van der Waals surface area contributed by atoms with Crippen LogP contribution in [0.25, 0.3) is 11.3 Å². The quantitative estimate of drug-likeness (QED) is 0.731. The van der Waals surface area contributed by atoms with Crippen molar-refractivity contribution in [3.63, 3.8) is 0 Å². The van der Waals surface area contributed by atoms with Gasteiger partial charge in [-0.25, -0.2) is 4.39 Å². The summed E-state index contributed by atoms with van der Waals surface area (Å²) >= 11 is 5.67. The van der Waals surface area contributed by atoms with Gasteiger partial charge in [-0.2, -0.15) is 0 Å². The lowest BCUT2D eigenvalue weighted by molar-refractivity contribution is 0.287. The molecule has 0 fully saturated rings. The fourth-order valence-electron chi connectivity index (χ4n) is 1.92. The number of aryl methyl sites for hydroxylation is 1. The smallest absolute Gasteiger partial charge is 0.233 e. The molecule has 1 aromatic carbocycles. The van der Waals surface area contributed by atoms with Gasteiger partial charge in [-0.3, -0.25) is 0 Å². The summed E-state index contributed by atoms with van der Waals surface area (Å²) < 4.78 is 23.8. The molecule has 3 aromatic rings. The van der Waals surface area contributed by atoms with E-state index in [0.717, 1.165) is 11.1 Å². The Balaban J connectivity index is 1.83. The SMILES string of the molecule is Cc1onc(-c2ccc(F)cc2)c1COc1ccc(Cl)nn1. The maximum absolute atomic E-state index is 13.0. The number of ether oxygens (including phenoxy) is 1. The molecule has 0 aliphatic rings. The molecule has 0 aliphatic heterocycles. The van der Waals surface area contributed by atoms with Gasteiger partial charge in [-0.15, -0.1) is 10.2 Å². The molecule has 0 saturated carbocycles. The minimum absolute atomic E-state index is 0.207. The number of nitrogens with zero attached hydrogens (tertiary/aromatic N) is 3. The highest BCUT2D eigenvalue weighted by atomic mass is 35.5. The Morgan fingerprint density at radius 1 is 1.14 bits per heavy atom. The Morgan fingerprint density at radius 2 is 1.91 bits per heavy atom. The second-order valence-corrected chi connectivity index (χ2v) is 4.94. The van der Waals surface area contributed by atoms with Gasteiger partial charge in [0.2, 0.25) is 5.88 Å². The van der Waals surface area contributed by atoms with E-state index in [4.69, 9.17) is 20.9 Å². The molecular weight excluding hydrogens is 309 g/mol. The van der Waals surface area contributed by atoms with E-state index in [1.807, 2.05) is 0 Å². The topological polar surface area (TPSA) is 61.0 Å². The van der Waals surface area contributed by atoms with Gasteiger partial charge in [-0.05, 0) is 37.3 Å². The van der Waals surface area contributed by atoms with E-state index in [1.165, 1.54) is 12.1 Å². The van der Waals surface area contributed by atoms with Crippen LogP contribution in [0, 0.1) is 12.7 Å². The van der Waals surface area contributed by atoms with Gasteiger partial charge in [0.25, 0.3) is 0 Å². The van der Waals surface area contributed by atoms with Crippen LogP contribution in [0.3, 0.4) is 0 Å². The molecule has 0 aliphatic carbocycles. The first kappa shape index (κ1) is 14.5. The average Bonchev–Trinajstić information content (AvgIpc) is 2.89. The first-order chi connectivity index (χ1) is 10.6. The summed E-state index contributed by atoms with van der Waals surface area (Å²) in [4.78, 5) is 0. The summed E-state index contributed by atoms with van der Waals surface area (Å²) in [7, 11) is 0. The highest BCUT2D eigenvalue weighted by Crippen LogP contribution is 2.26. The van der Waals surface area contributed by atoms with Crippen molar-refractivity contribution in [2.45, 2.75) is 13.5 Å². The largest absolute Gasteiger partial charge is 0.472 e. The molecule has 0 bridgehead atoms. The summed E-state index contributed by atoms with van der Waals surface area (Å²) in [5.41, 5.74) is 2.13. The lowest BCUT2D eigenvalue weighted by Gasteiger charge is -2.05. The normalized spacial score (nSPS) is 10.7. The zero-order chi connectivity index (χ0) is 15.5. The van der Waals surface area contributed by atoms with E-state index in [2.05, 4.69) is 15.4 Å². The third-order valence-electron chi connectivity index (χ3n) is 3.07. The van der Waals surface area contributed by atoms with Gasteiger partial charge >= 0.3 is 0 Å². The molecule has 5 nitrogen and oxygen atoms in total. The first-order valence-electron chi connectivity index (χ1n) is 6.46. The van der Waals surface area contributed by atoms with Crippen LogP contribution in [-0.4, -0.2) is 15.4 Å². The van der Waals surface area contributed by atoms with Crippen LogP contribution in [0.5, 0.6) is 5.88 Å². The van der Waals surface area contributed by atoms with Crippen LogP contribution < -0.4 is 4.74 Å². The Kier molecular flexibility index (Phi) is 4.02. The second-order valence-electron chi connectivity index (χ2n) is 4.56. The van der Waals surface area contributed by atoms with Gasteiger partial charge in [0.15, 0.2) is 5.15 Å². The van der Waals surface area contributed by atoms with Crippen molar-refractivity contribution in [3.8, 4) is 17.1 Å². The summed E-state index contributed by atoms with van der Waals surface area (Å²) in [6, 6.07) is 9.22. The fourth-order valence-corrected chi connectivity index (χ4v) is 2.02. The molecule has 0 amide bonds. The number of hydrogen-bond acceptors (Lipinski definition) is 5. The van der Waals surface area contributed by atoms with E-state index >= 15 is 0 Å². The van der Waals surface area contributed by atoms with E-state index in [0.29, 0.717) is 22.5 Å². The molecule has 0 N–H and O–H groups in total. The van der Waals surface area contributed by atoms with E-state index in [9.17, 15) is 4.39 Å². The lowest BCUT2D eigenvalue weighted by atomic mass is 10.1. The van der Waals surface area contributed by atoms with E-state index < -0.39 is 0 Å². The zero-order valence-electron chi connectivity index (χ0n) is 11.6. The fraction of sp³-hybridized carbons (Fsp3) is 0.133. The van der Waals surface area contributed by atoms with Gasteiger partial charge in [0, 0.05) is 11.6 Å². The van der Waals surface area contributed by atoms with Gasteiger partial charge in [-0.1, -0.05) is 16.8 Å². The number of rotatable bonds is 4. The predicted octanol–water partition coefficient (Wildman–Crippen LogP) is 3.81. The molecule has 2 aromatic heterocycles. The van der Waals surface area contributed by atoms with Crippen molar-refractivity contribution in [1.29, 1.82) is 0 Å². The van der Waals surface area contributed by atoms with Crippen molar-refractivity contribution in [1.82, 2.24) is 15.4 Å². The van der Waals surface area contributed by atoms with Crippen LogP contribution in [0.1, 0.15) is 11.3 Å². The predicted molar refractivity (Wildman–Crippen MR) is 78.0 cm³/mol. The van der Waals surface area contributed by atoms with Crippen molar-refractivity contribution in [3.05, 3.63) is 58.7 Å². The molecule has 0 saturated heterocycles.